The number of hydrogen-bond acceptors (Lipinski definition) is 2. The SMILES string of the molecule is CCC1(CC)NC(=O)C(CC)(CC)N(CC2CC2)C1=O. The zero-order valence-electron chi connectivity index (χ0n) is 13.3. The lowest BCUT2D eigenvalue weighted by Crippen LogP contribution is -2.75. The summed E-state index contributed by atoms with van der Waals surface area (Å²) in [5, 5.41) is 3.07. The second kappa shape index (κ2) is 5.38. The Hall–Kier alpha value is -1.06. The van der Waals surface area contributed by atoms with E-state index >= 15 is 0 Å². The number of piperazine rings is 1. The molecule has 1 saturated carbocycles. The summed E-state index contributed by atoms with van der Waals surface area (Å²) >= 11 is 0. The first-order valence-corrected chi connectivity index (χ1v) is 8.14. The highest BCUT2D eigenvalue weighted by molar-refractivity contribution is 6.02. The van der Waals surface area contributed by atoms with Crippen molar-refractivity contribution in [2.24, 2.45) is 5.92 Å². The molecule has 2 fully saturated rings. The molecule has 0 aromatic carbocycles. The molecule has 1 heterocycles. The molecule has 1 aliphatic heterocycles. The Bertz CT molecular complexity index is 393. The van der Waals surface area contributed by atoms with Gasteiger partial charge in [-0.3, -0.25) is 9.59 Å². The van der Waals surface area contributed by atoms with Gasteiger partial charge in [0.05, 0.1) is 0 Å². The number of hydrogen-bond donors (Lipinski definition) is 1. The summed E-state index contributed by atoms with van der Waals surface area (Å²) in [6.45, 7) is 8.77. The number of carbonyl (C=O) groups is 2. The van der Waals surface area contributed by atoms with Gasteiger partial charge in [-0.1, -0.05) is 27.7 Å². The third-order valence-electron chi connectivity index (χ3n) is 5.46. The lowest BCUT2D eigenvalue weighted by Gasteiger charge is -2.52. The Morgan fingerprint density at radius 1 is 1.05 bits per heavy atom. The lowest BCUT2D eigenvalue weighted by molar-refractivity contribution is -0.165. The largest absolute Gasteiger partial charge is 0.340 e. The van der Waals surface area contributed by atoms with Gasteiger partial charge < -0.3 is 10.2 Å². The second-order valence-corrected chi connectivity index (χ2v) is 6.34. The molecule has 1 N–H and O–H groups in total. The van der Waals surface area contributed by atoms with Crippen LogP contribution in [0.15, 0.2) is 0 Å². The fraction of sp³-hybridized carbons (Fsp3) is 0.875. The first-order chi connectivity index (χ1) is 9.49. The molecule has 4 heteroatoms. The van der Waals surface area contributed by atoms with Crippen LogP contribution in [0.25, 0.3) is 0 Å². The topological polar surface area (TPSA) is 49.4 Å². The Balaban J connectivity index is 2.40. The van der Waals surface area contributed by atoms with Gasteiger partial charge in [0, 0.05) is 6.54 Å². The molecular weight excluding hydrogens is 252 g/mol. The Kier molecular flexibility index (Phi) is 4.12. The zero-order chi connectivity index (χ0) is 15.0. The van der Waals surface area contributed by atoms with Crippen molar-refractivity contribution in [1.82, 2.24) is 10.2 Å². The third-order valence-corrected chi connectivity index (χ3v) is 5.46. The van der Waals surface area contributed by atoms with E-state index in [-0.39, 0.29) is 11.8 Å². The molecule has 4 nitrogen and oxygen atoms in total. The van der Waals surface area contributed by atoms with Crippen molar-refractivity contribution >= 4 is 11.8 Å². The minimum absolute atomic E-state index is 0.0476. The highest BCUT2D eigenvalue weighted by Crippen LogP contribution is 2.39. The van der Waals surface area contributed by atoms with Crippen molar-refractivity contribution in [3.05, 3.63) is 0 Å². The third kappa shape index (κ3) is 2.13. The van der Waals surface area contributed by atoms with E-state index in [4.69, 9.17) is 0 Å². The number of nitrogens with zero attached hydrogens (tertiary/aromatic N) is 1. The summed E-state index contributed by atoms with van der Waals surface area (Å²) < 4.78 is 0. The van der Waals surface area contributed by atoms with Crippen molar-refractivity contribution in [1.29, 1.82) is 0 Å². The molecule has 0 aromatic rings. The molecule has 2 rings (SSSR count). The fourth-order valence-corrected chi connectivity index (χ4v) is 3.46. The minimum atomic E-state index is -0.681. The highest BCUT2D eigenvalue weighted by atomic mass is 16.2. The van der Waals surface area contributed by atoms with Crippen LogP contribution in [0.4, 0.5) is 0 Å². The van der Waals surface area contributed by atoms with Gasteiger partial charge in [0.15, 0.2) is 0 Å². The summed E-state index contributed by atoms with van der Waals surface area (Å²) in [7, 11) is 0. The van der Waals surface area contributed by atoms with E-state index in [0.717, 1.165) is 6.54 Å². The average Bonchev–Trinajstić information content (AvgIpc) is 3.28. The van der Waals surface area contributed by atoms with E-state index in [1.165, 1.54) is 12.8 Å². The van der Waals surface area contributed by atoms with Crippen LogP contribution >= 0.6 is 0 Å². The van der Waals surface area contributed by atoms with Gasteiger partial charge in [-0.05, 0) is 44.4 Å². The molecule has 0 unspecified atom stereocenters. The van der Waals surface area contributed by atoms with E-state index in [9.17, 15) is 9.59 Å². The van der Waals surface area contributed by atoms with E-state index in [1.54, 1.807) is 0 Å². The Morgan fingerprint density at radius 3 is 2.00 bits per heavy atom. The quantitative estimate of drug-likeness (QED) is 0.812. The predicted octanol–water partition coefficient (Wildman–Crippen LogP) is 2.47. The predicted molar refractivity (Wildman–Crippen MR) is 79.2 cm³/mol. The maximum atomic E-state index is 13.1. The van der Waals surface area contributed by atoms with Gasteiger partial charge in [-0.25, -0.2) is 0 Å². The molecule has 0 bridgehead atoms. The van der Waals surface area contributed by atoms with E-state index in [0.29, 0.717) is 31.6 Å². The molecule has 0 radical (unpaired) electrons. The van der Waals surface area contributed by atoms with Crippen LogP contribution in [-0.2, 0) is 9.59 Å². The molecule has 1 aliphatic carbocycles. The summed E-state index contributed by atoms with van der Waals surface area (Å²) in [5.74, 6) is 0.790. The van der Waals surface area contributed by atoms with E-state index < -0.39 is 11.1 Å². The smallest absolute Gasteiger partial charge is 0.249 e. The lowest BCUT2D eigenvalue weighted by atomic mass is 9.79. The molecule has 20 heavy (non-hydrogen) atoms. The number of rotatable bonds is 6. The molecule has 1 saturated heterocycles. The van der Waals surface area contributed by atoms with Crippen LogP contribution in [0.5, 0.6) is 0 Å². The fourth-order valence-electron chi connectivity index (χ4n) is 3.46. The highest BCUT2D eigenvalue weighted by Gasteiger charge is 2.56. The van der Waals surface area contributed by atoms with Crippen LogP contribution < -0.4 is 5.32 Å². The maximum absolute atomic E-state index is 13.1. The molecule has 0 atom stereocenters. The van der Waals surface area contributed by atoms with Gasteiger partial charge in [0.25, 0.3) is 0 Å². The van der Waals surface area contributed by atoms with Gasteiger partial charge in [0.1, 0.15) is 11.1 Å². The standard InChI is InChI=1S/C16H28N2O2/c1-5-15(6-2)14(20)18(11-12-9-10-12)16(7-3,8-4)13(19)17-15/h12H,5-11H2,1-4H3,(H,17,19). The molecule has 2 amide bonds. The Labute approximate surface area is 122 Å². The Morgan fingerprint density at radius 2 is 1.60 bits per heavy atom. The van der Waals surface area contributed by atoms with Crippen molar-refractivity contribution in [2.45, 2.75) is 77.3 Å². The first-order valence-electron chi connectivity index (χ1n) is 8.14. The van der Waals surface area contributed by atoms with Crippen molar-refractivity contribution in [2.75, 3.05) is 6.54 Å². The summed E-state index contributed by atoms with van der Waals surface area (Å²) in [4.78, 5) is 27.8. The average molecular weight is 280 g/mol. The van der Waals surface area contributed by atoms with E-state index in [2.05, 4.69) is 5.32 Å². The first kappa shape index (κ1) is 15.3. The van der Waals surface area contributed by atoms with E-state index in [1.807, 2.05) is 32.6 Å². The van der Waals surface area contributed by atoms with Crippen molar-refractivity contribution < 1.29 is 9.59 Å². The van der Waals surface area contributed by atoms with Crippen LogP contribution in [0.1, 0.15) is 66.2 Å². The molecular formula is C16H28N2O2. The summed E-state index contributed by atoms with van der Waals surface area (Å²) in [6, 6.07) is 0. The molecule has 2 aliphatic rings. The van der Waals surface area contributed by atoms with Crippen molar-refractivity contribution in [3.63, 3.8) is 0 Å². The molecule has 0 spiro atoms. The van der Waals surface area contributed by atoms with Gasteiger partial charge in [-0.15, -0.1) is 0 Å². The number of amides is 2. The zero-order valence-corrected chi connectivity index (χ0v) is 13.3. The maximum Gasteiger partial charge on any atom is 0.249 e. The summed E-state index contributed by atoms with van der Waals surface area (Å²) in [5.41, 5.74) is -1.31. The monoisotopic (exact) mass is 280 g/mol. The molecule has 0 aromatic heterocycles. The van der Waals surface area contributed by atoms with Crippen LogP contribution in [0.2, 0.25) is 0 Å². The van der Waals surface area contributed by atoms with Gasteiger partial charge in [0.2, 0.25) is 11.8 Å². The van der Waals surface area contributed by atoms with Crippen LogP contribution in [0.3, 0.4) is 0 Å². The number of nitrogens with one attached hydrogen (secondary N) is 1. The minimum Gasteiger partial charge on any atom is -0.340 e. The second-order valence-electron chi connectivity index (χ2n) is 6.34. The van der Waals surface area contributed by atoms with Gasteiger partial charge in [-0.2, -0.15) is 0 Å². The summed E-state index contributed by atoms with van der Waals surface area (Å²) in [6.07, 6.45) is 5.10. The van der Waals surface area contributed by atoms with Crippen molar-refractivity contribution in [3.8, 4) is 0 Å². The normalized spacial score (nSPS) is 24.7. The van der Waals surface area contributed by atoms with Crippen LogP contribution in [0, 0.1) is 5.92 Å². The van der Waals surface area contributed by atoms with Crippen LogP contribution in [-0.4, -0.2) is 34.3 Å². The number of carbonyl (C=O) groups excluding carboxylic acids is 2. The van der Waals surface area contributed by atoms with Gasteiger partial charge >= 0.3 is 0 Å². The molecule has 114 valence electrons.